The van der Waals surface area contributed by atoms with Crippen LogP contribution in [0, 0.1) is 0 Å². The molecule has 2 aromatic rings. The molecule has 0 radical (unpaired) electrons. The van der Waals surface area contributed by atoms with Crippen LogP contribution in [0.4, 0.5) is 5.69 Å². The number of hydrogen-bond acceptors (Lipinski definition) is 5. The number of para-hydroxylation sites is 3. The lowest BCUT2D eigenvalue weighted by atomic mass is 10.2. The summed E-state index contributed by atoms with van der Waals surface area (Å²) in [6.07, 6.45) is 1.07. The molecule has 0 amide bonds. The van der Waals surface area contributed by atoms with Crippen LogP contribution < -0.4 is 20.1 Å². The topological polar surface area (TPSA) is 51.0 Å². The minimum absolute atomic E-state index is 0.498. The molecule has 5 heteroatoms. The Morgan fingerprint density at radius 1 is 0.923 bits per heavy atom. The number of piperazine rings is 1. The SMILES string of the molecule is COc1ccccc1COc1ccccc1N1CCN(CCCN)CC1. The van der Waals surface area contributed by atoms with Gasteiger partial charge >= 0.3 is 0 Å². The maximum absolute atomic E-state index is 6.16. The molecule has 2 N–H and O–H groups in total. The normalized spacial score (nSPS) is 15.1. The summed E-state index contributed by atoms with van der Waals surface area (Å²) in [5.74, 6) is 1.78. The molecule has 5 nitrogen and oxygen atoms in total. The number of anilines is 1. The van der Waals surface area contributed by atoms with Crippen LogP contribution in [0.3, 0.4) is 0 Å². The van der Waals surface area contributed by atoms with E-state index in [1.165, 1.54) is 5.69 Å². The molecular formula is C21H29N3O2. The van der Waals surface area contributed by atoms with E-state index < -0.39 is 0 Å². The van der Waals surface area contributed by atoms with Crippen molar-refractivity contribution in [2.24, 2.45) is 5.73 Å². The van der Waals surface area contributed by atoms with Crippen molar-refractivity contribution >= 4 is 5.69 Å². The molecule has 0 spiro atoms. The summed E-state index contributed by atoms with van der Waals surface area (Å²) >= 11 is 0. The van der Waals surface area contributed by atoms with Crippen LogP contribution in [0.25, 0.3) is 0 Å². The maximum Gasteiger partial charge on any atom is 0.143 e. The largest absolute Gasteiger partial charge is 0.496 e. The van der Waals surface area contributed by atoms with E-state index in [0.717, 1.165) is 62.8 Å². The molecule has 0 aliphatic carbocycles. The van der Waals surface area contributed by atoms with E-state index in [4.69, 9.17) is 15.2 Å². The van der Waals surface area contributed by atoms with Gasteiger partial charge in [0.2, 0.25) is 0 Å². The van der Waals surface area contributed by atoms with Gasteiger partial charge in [0.25, 0.3) is 0 Å². The van der Waals surface area contributed by atoms with Crippen molar-refractivity contribution in [3.05, 3.63) is 54.1 Å². The monoisotopic (exact) mass is 355 g/mol. The van der Waals surface area contributed by atoms with Crippen molar-refractivity contribution in [3.63, 3.8) is 0 Å². The highest BCUT2D eigenvalue weighted by Gasteiger charge is 2.19. The predicted octanol–water partition coefficient (Wildman–Crippen LogP) is 2.75. The van der Waals surface area contributed by atoms with E-state index in [0.29, 0.717) is 6.61 Å². The second-order valence-electron chi connectivity index (χ2n) is 6.54. The number of methoxy groups -OCH3 is 1. The van der Waals surface area contributed by atoms with E-state index in [9.17, 15) is 0 Å². The van der Waals surface area contributed by atoms with Crippen molar-refractivity contribution < 1.29 is 9.47 Å². The van der Waals surface area contributed by atoms with Crippen molar-refractivity contribution in [2.75, 3.05) is 51.3 Å². The van der Waals surface area contributed by atoms with Crippen molar-refractivity contribution in [2.45, 2.75) is 13.0 Å². The smallest absolute Gasteiger partial charge is 0.143 e. The first-order valence-corrected chi connectivity index (χ1v) is 9.33. The molecule has 140 valence electrons. The summed E-state index contributed by atoms with van der Waals surface area (Å²) < 4.78 is 11.6. The van der Waals surface area contributed by atoms with Gasteiger partial charge < -0.3 is 20.1 Å². The first-order valence-electron chi connectivity index (χ1n) is 9.33. The zero-order chi connectivity index (χ0) is 18.2. The lowest BCUT2D eigenvalue weighted by Gasteiger charge is -2.36. The Balaban J connectivity index is 1.63. The number of nitrogens with two attached hydrogens (primary N) is 1. The highest BCUT2D eigenvalue weighted by atomic mass is 16.5. The van der Waals surface area contributed by atoms with Gasteiger partial charge in [0, 0.05) is 31.7 Å². The van der Waals surface area contributed by atoms with Crippen LogP contribution in [0.2, 0.25) is 0 Å². The predicted molar refractivity (Wildman–Crippen MR) is 106 cm³/mol. The van der Waals surface area contributed by atoms with Gasteiger partial charge in [-0.3, -0.25) is 4.90 Å². The Morgan fingerprint density at radius 2 is 1.62 bits per heavy atom. The second-order valence-corrected chi connectivity index (χ2v) is 6.54. The number of nitrogens with zero attached hydrogens (tertiary/aromatic N) is 2. The summed E-state index contributed by atoms with van der Waals surface area (Å²) in [6, 6.07) is 16.3. The maximum atomic E-state index is 6.16. The fourth-order valence-electron chi connectivity index (χ4n) is 3.35. The average molecular weight is 355 g/mol. The first-order chi connectivity index (χ1) is 12.8. The summed E-state index contributed by atoms with van der Waals surface area (Å²) in [5, 5.41) is 0. The number of hydrogen-bond donors (Lipinski definition) is 1. The van der Waals surface area contributed by atoms with Crippen LogP contribution in [-0.2, 0) is 6.61 Å². The Hall–Kier alpha value is -2.24. The Labute approximate surface area is 156 Å². The zero-order valence-electron chi connectivity index (χ0n) is 15.6. The summed E-state index contributed by atoms with van der Waals surface area (Å²) in [6.45, 7) is 6.52. The molecule has 26 heavy (non-hydrogen) atoms. The zero-order valence-corrected chi connectivity index (χ0v) is 15.6. The fraction of sp³-hybridized carbons (Fsp3) is 0.429. The molecule has 1 heterocycles. The molecule has 0 bridgehead atoms. The van der Waals surface area contributed by atoms with E-state index in [1.807, 2.05) is 36.4 Å². The van der Waals surface area contributed by atoms with Crippen molar-refractivity contribution in [1.29, 1.82) is 0 Å². The minimum atomic E-state index is 0.498. The van der Waals surface area contributed by atoms with Gasteiger partial charge in [0.1, 0.15) is 18.1 Å². The van der Waals surface area contributed by atoms with Gasteiger partial charge in [-0.25, -0.2) is 0 Å². The highest BCUT2D eigenvalue weighted by molar-refractivity contribution is 5.58. The van der Waals surface area contributed by atoms with Crippen LogP contribution in [0.1, 0.15) is 12.0 Å². The van der Waals surface area contributed by atoms with Crippen LogP contribution >= 0.6 is 0 Å². The molecule has 1 saturated heterocycles. The third-order valence-corrected chi connectivity index (χ3v) is 4.83. The standard InChI is InChI=1S/C21H29N3O2/c1-25-20-9-4-2-7-18(20)17-26-21-10-5-3-8-19(21)24-15-13-23(14-16-24)12-6-11-22/h2-5,7-10H,6,11-17,22H2,1H3. The average Bonchev–Trinajstić information content (AvgIpc) is 2.71. The van der Waals surface area contributed by atoms with Gasteiger partial charge in [-0.2, -0.15) is 0 Å². The van der Waals surface area contributed by atoms with E-state index >= 15 is 0 Å². The van der Waals surface area contributed by atoms with Crippen LogP contribution in [0.5, 0.6) is 11.5 Å². The third-order valence-electron chi connectivity index (χ3n) is 4.83. The number of rotatable bonds is 8. The molecule has 1 aliphatic heterocycles. The molecule has 0 atom stereocenters. The summed E-state index contributed by atoms with van der Waals surface area (Å²) in [4.78, 5) is 4.90. The Bertz CT molecular complexity index is 684. The molecule has 2 aromatic carbocycles. The van der Waals surface area contributed by atoms with Crippen LogP contribution in [-0.4, -0.2) is 51.3 Å². The van der Waals surface area contributed by atoms with E-state index in [1.54, 1.807) is 7.11 Å². The lowest BCUT2D eigenvalue weighted by molar-refractivity contribution is 0.254. The molecule has 0 aromatic heterocycles. The molecule has 0 unspecified atom stereocenters. The van der Waals surface area contributed by atoms with Gasteiger partial charge in [-0.1, -0.05) is 30.3 Å². The molecule has 1 fully saturated rings. The first kappa shape index (κ1) is 18.5. The van der Waals surface area contributed by atoms with Gasteiger partial charge in [-0.15, -0.1) is 0 Å². The number of ether oxygens (including phenoxy) is 2. The van der Waals surface area contributed by atoms with Crippen molar-refractivity contribution in [1.82, 2.24) is 4.90 Å². The molecule has 0 saturated carbocycles. The van der Waals surface area contributed by atoms with Crippen LogP contribution in [0.15, 0.2) is 48.5 Å². The van der Waals surface area contributed by atoms with Gasteiger partial charge in [-0.05, 0) is 37.7 Å². The van der Waals surface area contributed by atoms with Gasteiger partial charge in [0.15, 0.2) is 0 Å². The lowest BCUT2D eigenvalue weighted by Crippen LogP contribution is -2.47. The summed E-state index contributed by atoms with van der Waals surface area (Å²) in [5.41, 5.74) is 7.84. The third kappa shape index (κ3) is 4.68. The minimum Gasteiger partial charge on any atom is -0.496 e. The fourth-order valence-corrected chi connectivity index (χ4v) is 3.35. The quantitative estimate of drug-likeness (QED) is 0.789. The van der Waals surface area contributed by atoms with Gasteiger partial charge in [0.05, 0.1) is 12.8 Å². The molecular weight excluding hydrogens is 326 g/mol. The Kier molecular flexibility index (Phi) is 6.75. The van der Waals surface area contributed by atoms with E-state index in [-0.39, 0.29) is 0 Å². The Morgan fingerprint density at radius 3 is 2.35 bits per heavy atom. The highest BCUT2D eigenvalue weighted by Crippen LogP contribution is 2.30. The molecule has 3 rings (SSSR count). The number of benzene rings is 2. The van der Waals surface area contributed by atoms with Crippen molar-refractivity contribution in [3.8, 4) is 11.5 Å². The summed E-state index contributed by atoms with van der Waals surface area (Å²) in [7, 11) is 1.69. The second kappa shape index (κ2) is 9.46. The molecule has 1 aliphatic rings. The van der Waals surface area contributed by atoms with E-state index in [2.05, 4.69) is 21.9 Å².